The number of rotatable bonds is 2. The van der Waals surface area contributed by atoms with E-state index in [0.717, 1.165) is 23.0 Å². The van der Waals surface area contributed by atoms with E-state index in [2.05, 4.69) is 0 Å². The smallest absolute Gasteiger partial charge is 0.123 e. The van der Waals surface area contributed by atoms with Crippen LogP contribution in [-0.2, 0) is 0 Å². The van der Waals surface area contributed by atoms with Gasteiger partial charge >= 0.3 is 0 Å². The molecular formula is C16H22FN. The van der Waals surface area contributed by atoms with Crippen LogP contribution in [0.1, 0.15) is 48.4 Å². The molecule has 4 unspecified atom stereocenters. The minimum atomic E-state index is -0.145. The first-order chi connectivity index (χ1) is 8.56. The number of benzene rings is 1. The third-order valence-electron chi connectivity index (χ3n) is 5.15. The Morgan fingerprint density at radius 2 is 1.83 bits per heavy atom. The number of halogens is 1. The molecule has 0 saturated heterocycles. The lowest BCUT2D eigenvalue weighted by Gasteiger charge is -2.30. The summed E-state index contributed by atoms with van der Waals surface area (Å²) in [5.41, 5.74) is 9.74. The number of hydrogen-bond donors (Lipinski definition) is 1. The molecule has 2 saturated carbocycles. The van der Waals surface area contributed by atoms with Crippen molar-refractivity contribution >= 4 is 0 Å². The second-order valence-corrected chi connectivity index (χ2v) is 6.32. The van der Waals surface area contributed by atoms with Gasteiger partial charge < -0.3 is 5.73 Å². The van der Waals surface area contributed by atoms with Crippen molar-refractivity contribution < 1.29 is 4.39 Å². The summed E-state index contributed by atoms with van der Waals surface area (Å²) in [7, 11) is 0. The highest BCUT2D eigenvalue weighted by Crippen LogP contribution is 2.52. The SMILES string of the molecule is Cc1cc(F)cc(C)c1C(N)C1CC2CCC1C2. The third-order valence-corrected chi connectivity index (χ3v) is 5.15. The van der Waals surface area contributed by atoms with E-state index in [4.69, 9.17) is 5.73 Å². The molecule has 2 aliphatic carbocycles. The Kier molecular flexibility index (Phi) is 2.93. The Labute approximate surface area is 109 Å². The van der Waals surface area contributed by atoms with E-state index in [9.17, 15) is 4.39 Å². The Morgan fingerprint density at radius 3 is 2.33 bits per heavy atom. The maximum absolute atomic E-state index is 13.4. The topological polar surface area (TPSA) is 26.0 Å². The zero-order valence-electron chi connectivity index (χ0n) is 11.2. The lowest BCUT2D eigenvalue weighted by molar-refractivity contribution is 0.283. The average molecular weight is 247 g/mol. The molecule has 3 rings (SSSR count). The van der Waals surface area contributed by atoms with Gasteiger partial charge in [0, 0.05) is 6.04 Å². The lowest BCUT2D eigenvalue weighted by atomic mass is 9.79. The molecule has 1 aromatic carbocycles. The maximum Gasteiger partial charge on any atom is 0.123 e. The molecule has 2 N–H and O–H groups in total. The fraction of sp³-hybridized carbons (Fsp3) is 0.625. The first-order valence-electron chi connectivity index (χ1n) is 7.08. The molecule has 2 fully saturated rings. The first-order valence-corrected chi connectivity index (χ1v) is 7.08. The quantitative estimate of drug-likeness (QED) is 0.843. The van der Waals surface area contributed by atoms with Crippen LogP contribution in [0.25, 0.3) is 0 Å². The van der Waals surface area contributed by atoms with Gasteiger partial charge in [-0.3, -0.25) is 0 Å². The molecule has 1 nitrogen and oxygen atoms in total. The summed E-state index contributed by atoms with van der Waals surface area (Å²) in [4.78, 5) is 0. The van der Waals surface area contributed by atoms with Crippen LogP contribution in [0, 0.1) is 37.4 Å². The van der Waals surface area contributed by atoms with E-state index in [1.807, 2.05) is 13.8 Å². The van der Waals surface area contributed by atoms with Gasteiger partial charge in [0.25, 0.3) is 0 Å². The van der Waals surface area contributed by atoms with Gasteiger partial charge in [0.2, 0.25) is 0 Å². The molecule has 0 radical (unpaired) electrons. The summed E-state index contributed by atoms with van der Waals surface area (Å²) in [6, 6.07) is 3.34. The highest BCUT2D eigenvalue weighted by atomic mass is 19.1. The summed E-state index contributed by atoms with van der Waals surface area (Å²) in [5.74, 6) is 2.20. The van der Waals surface area contributed by atoms with E-state index in [-0.39, 0.29) is 11.9 Å². The van der Waals surface area contributed by atoms with E-state index in [1.54, 1.807) is 12.1 Å². The Morgan fingerprint density at radius 1 is 1.17 bits per heavy atom. The molecule has 1 aromatic rings. The molecule has 0 spiro atoms. The van der Waals surface area contributed by atoms with Crippen LogP contribution in [0.4, 0.5) is 4.39 Å². The van der Waals surface area contributed by atoms with Crippen LogP contribution in [0.5, 0.6) is 0 Å². The largest absolute Gasteiger partial charge is 0.324 e. The highest BCUT2D eigenvalue weighted by Gasteiger charge is 2.42. The second kappa shape index (κ2) is 4.34. The molecule has 0 heterocycles. The summed E-state index contributed by atoms with van der Waals surface area (Å²) >= 11 is 0. The van der Waals surface area contributed by atoms with Gasteiger partial charge in [0.05, 0.1) is 0 Å². The Hall–Kier alpha value is -0.890. The van der Waals surface area contributed by atoms with Gasteiger partial charge in [-0.15, -0.1) is 0 Å². The molecule has 0 aromatic heterocycles. The molecule has 98 valence electrons. The minimum absolute atomic E-state index is 0.0981. The Balaban J connectivity index is 1.91. The molecular weight excluding hydrogens is 225 g/mol. The van der Waals surface area contributed by atoms with Crippen molar-refractivity contribution in [2.45, 2.75) is 45.6 Å². The van der Waals surface area contributed by atoms with Crippen molar-refractivity contribution in [3.8, 4) is 0 Å². The average Bonchev–Trinajstić information content (AvgIpc) is 2.88. The molecule has 4 atom stereocenters. The van der Waals surface area contributed by atoms with Crippen molar-refractivity contribution in [3.05, 3.63) is 34.6 Å². The normalized spacial score (nSPS) is 31.9. The monoisotopic (exact) mass is 247 g/mol. The van der Waals surface area contributed by atoms with Gasteiger partial charge in [-0.2, -0.15) is 0 Å². The molecule has 2 heteroatoms. The standard InChI is InChI=1S/C16H22FN/c1-9-5-13(17)6-10(2)15(9)16(18)14-8-11-3-4-12(14)7-11/h5-6,11-12,14,16H,3-4,7-8,18H2,1-2H3. The molecule has 0 amide bonds. The van der Waals surface area contributed by atoms with Gasteiger partial charge in [0.15, 0.2) is 0 Å². The summed E-state index contributed by atoms with van der Waals surface area (Å²) < 4.78 is 13.4. The van der Waals surface area contributed by atoms with Crippen LogP contribution in [0.3, 0.4) is 0 Å². The first kappa shape index (κ1) is 12.2. The van der Waals surface area contributed by atoms with Crippen LogP contribution in [-0.4, -0.2) is 0 Å². The van der Waals surface area contributed by atoms with Gasteiger partial charge in [0.1, 0.15) is 5.82 Å². The van der Waals surface area contributed by atoms with E-state index in [1.165, 1.54) is 31.2 Å². The molecule has 2 aliphatic rings. The fourth-order valence-corrected chi connectivity index (χ4v) is 4.40. The number of hydrogen-bond acceptors (Lipinski definition) is 1. The fourth-order valence-electron chi connectivity index (χ4n) is 4.40. The number of nitrogens with two attached hydrogens (primary N) is 1. The van der Waals surface area contributed by atoms with Crippen molar-refractivity contribution in [2.75, 3.05) is 0 Å². The number of fused-ring (bicyclic) bond motifs is 2. The van der Waals surface area contributed by atoms with Crippen molar-refractivity contribution in [2.24, 2.45) is 23.5 Å². The van der Waals surface area contributed by atoms with Gasteiger partial charge in [-0.25, -0.2) is 4.39 Å². The van der Waals surface area contributed by atoms with Crippen molar-refractivity contribution in [1.82, 2.24) is 0 Å². The van der Waals surface area contributed by atoms with Gasteiger partial charge in [-0.1, -0.05) is 6.42 Å². The van der Waals surface area contributed by atoms with Gasteiger partial charge in [-0.05, 0) is 79.7 Å². The van der Waals surface area contributed by atoms with Crippen molar-refractivity contribution in [3.63, 3.8) is 0 Å². The molecule has 0 aliphatic heterocycles. The third kappa shape index (κ3) is 1.87. The molecule has 18 heavy (non-hydrogen) atoms. The highest BCUT2D eigenvalue weighted by molar-refractivity contribution is 5.37. The predicted molar refractivity (Wildman–Crippen MR) is 71.7 cm³/mol. The van der Waals surface area contributed by atoms with E-state index >= 15 is 0 Å². The minimum Gasteiger partial charge on any atom is -0.324 e. The maximum atomic E-state index is 13.4. The van der Waals surface area contributed by atoms with Crippen LogP contribution >= 0.6 is 0 Å². The van der Waals surface area contributed by atoms with E-state index in [0.29, 0.717) is 5.92 Å². The lowest BCUT2D eigenvalue weighted by Crippen LogP contribution is -2.27. The van der Waals surface area contributed by atoms with Crippen LogP contribution in [0.2, 0.25) is 0 Å². The Bertz CT molecular complexity index is 445. The van der Waals surface area contributed by atoms with Crippen LogP contribution < -0.4 is 5.73 Å². The summed E-state index contributed by atoms with van der Waals surface area (Å²) in [5, 5.41) is 0. The summed E-state index contributed by atoms with van der Waals surface area (Å²) in [6.07, 6.45) is 5.40. The number of aryl methyl sites for hydroxylation is 2. The zero-order chi connectivity index (χ0) is 12.9. The zero-order valence-corrected chi connectivity index (χ0v) is 11.2. The predicted octanol–water partition coefficient (Wildman–Crippen LogP) is 3.88. The van der Waals surface area contributed by atoms with E-state index < -0.39 is 0 Å². The van der Waals surface area contributed by atoms with Crippen LogP contribution in [0.15, 0.2) is 12.1 Å². The van der Waals surface area contributed by atoms with Crippen molar-refractivity contribution in [1.29, 1.82) is 0 Å². The molecule has 2 bridgehead atoms. The summed E-state index contributed by atoms with van der Waals surface area (Å²) in [6.45, 7) is 3.97. The second-order valence-electron chi connectivity index (χ2n) is 6.32.